The summed E-state index contributed by atoms with van der Waals surface area (Å²) in [5, 5.41) is 4.02. The number of urea groups is 1. The van der Waals surface area contributed by atoms with E-state index < -0.39 is 0 Å². The molecule has 0 saturated carbocycles. The minimum atomic E-state index is -0.105. The average molecular weight is 399 g/mol. The van der Waals surface area contributed by atoms with Crippen LogP contribution >= 0.6 is 11.3 Å². The lowest BCUT2D eigenvalue weighted by Gasteiger charge is -2.26. The number of aryl methyl sites for hydroxylation is 1. The van der Waals surface area contributed by atoms with Gasteiger partial charge in [0.1, 0.15) is 5.52 Å². The Bertz CT molecular complexity index is 1020. The lowest BCUT2D eigenvalue weighted by Crippen LogP contribution is -2.38. The molecule has 1 saturated heterocycles. The maximum absolute atomic E-state index is 12.8. The Morgan fingerprint density at radius 2 is 2.07 bits per heavy atom. The molecule has 0 bridgehead atoms. The Morgan fingerprint density at radius 3 is 2.93 bits per heavy atom. The predicted octanol–water partition coefficient (Wildman–Crippen LogP) is 3.02. The van der Waals surface area contributed by atoms with Gasteiger partial charge in [-0.1, -0.05) is 11.3 Å². The van der Waals surface area contributed by atoms with E-state index in [0.717, 1.165) is 60.3 Å². The fourth-order valence-electron chi connectivity index (χ4n) is 3.57. The highest BCUT2D eigenvalue weighted by molar-refractivity contribution is 7.15. The van der Waals surface area contributed by atoms with Crippen LogP contribution in [-0.4, -0.2) is 53.7 Å². The van der Waals surface area contributed by atoms with Gasteiger partial charge < -0.3 is 24.3 Å². The third kappa shape index (κ3) is 3.31. The molecule has 0 radical (unpaired) electrons. The van der Waals surface area contributed by atoms with E-state index in [1.807, 2.05) is 30.0 Å². The van der Waals surface area contributed by atoms with Crippen molar-refractivity contribution in [1.82, 2.24) is 14.9 Å². The van der Waals surface area contributed by atoms with E-state index in [4.69, 9.17) is 14.1 Å². The Labute approximate surface area is 166 Å². The summed E-state index contributed by atoms with van der Waals surface area (Å²) in [5.74, 6) is 0.614. The first kappa shape index (κ1) is 17.4. The molecular weight excluding hydrogens is 378 g/mol. The molecule has 28 heavy (non-hydrogen) atoms. The summed E-state index contributed by atoms with van der Waals surface area (Å²) in [6.07, 6.45) is 0.783. The highest BCUT2D eigenvalue weighted by atomic mass is 32.1. The maximum atomic E-state index is 12.8. The summed E-state index contributed by atoms with van der Waals surface area (Å²) in [7, 11) is 0. The molecule has 0 atom stereocenters. The van der Waals surface area contributed by atoms with Crippen molar-refractivity contribution in [3.05, 3.63) is 34.7 Å². The maximum Gasteiger partial charge on any atom is 0.322 e. The number of carbonyl (C=O) groups is 1. The molecule has 0 unspecified atom stereocenters. The van der Waals surface area contributed by atoms with Crippen molar-refractivity contribution >= 4 is 39.3 Å². The number of amides is 2. The van der Waals surface area contributed by atoms with E-state index in [0.29, 0.717) is 19.0 Å². The largest absolute Gasteiger partial charge is 0.441 e. The number of anilines is 2. The first-order valence-corrected chi connectivity index (χ1v) is 10.2. The quantitative estimate of drug-likeness (QED) is 0.713. The molecule has 8 nitrogen and oxygen atoms in total. The van der Waals surface area contributed by atoms with Gasteiger partial charge in [0.05, 0.1) is 25.5 Å². The number of nitrogens with one attached hydrogen (secondary N) is 1. The third-order valence-electron chi connectivity index (χ3n) is 5.03. The smallest absolute Gasteiger partial charge is 0.322 e. The molecule has 9 heteroatoms. The summed E-state index contributed by atoms with van der Waals surface area (Å²) in [4.78, 5) is 27.2. The van der Waals surface area contributed by atoms with Crippen LogP contribution in [0.5, 0.6) is 0 Å². The SMILES string of the molecule is Cc1nc2cc(NC(=O)N3CCc4nc(N5CCOCC5)sc4C3)ccc2o1. The lowest BCUT2D eigenvalue weighted by molar-refractivity contribution is 0.122. The van der Waals surface area contributed by atoms with Gasteiger partial charge in [0.25, 0.3) is 0 Å². The number of hydrogen-bond donors (Lipinski definition) is 1. The first-order chi connectivity index (χ1) is 13.7. The third-order valence-corrected chi connectivity index (χ3v) is 6.18. The summed E-state index contributed by atoms with van der Waals surface area (Å²) in [5.41, 5.74) is 3.30. The van der Waals surface area contributed by atoms with Crippen molar-refractivity contribution in [3.63, 3.8) is 0 Å². The van der Waals surface area contributed by atoms with E-state index in [-0.39, 0.29) is 6.03 Å². The molecule has 146 valence electrons. The van der Waals surface area contributed by atoms with E-state index in [2.05, 4.69) is 15.2 Å². The highest BCUT2D eigenvalue weighted by Gasteiger charge is 2.26. The lowest BCUT2D eigenvalue weighted by atomic mass is 10.2. The molecular formula is C19H21N5O3S. The van der Waals surface area contributed by atoms with Crippen LogP contribution in [0.15, 0.2) is 22.6 Å². The Kier molecular flexibility index (Phi) is 4.40. The van der Waals surface area contributed by atoms with Crippen LogP contribution < -0.4 is 10.2 Å². The molecule has 0 spiro atoms. The fraction of sp³-hybridized carbons (Fsp3) is 0.421. The van der Waals surface area contributed by atoms with Crippen molar-refractivity contribution in [2.75, 3.05) is 43.1 Å². The molecule has 4 heterocycles. The molecule has 0 aliphatic carbocycles. The van der Waals surface area contributed by atoms with E-state index in [9.17, 15) is 4.79 Å². The number of fused-ring (bicyclic) bond motifs is 2. The zero-order valence-electron chi connectivity index (χ0n) is 15.6. The van der Waals surface area contributed by atoms with E-state index in [1.54, 1.807) is 11.3 Å². The van der Waals surface area contributed by atoms with Crippen LogP contribution in [0.2, 0.25) is 0 Å². The van der Waals surface area contributed by atoms with Crippen LogP contribution in [0.4, 0.5) is 15.6 Å². The first-order valence-electron chi connectivity index (χ1n) is 9.40. The van der Waals surface area contributed by atoms with Crippen molar-refractivity contribution < 1.29 is 13.9 Å². The molecule has 2 aliphatic heterocycles. The predicted molar refractivity (Wildman–Crippen MR) is 107 cm³/mol. The number of nitrogens with zero attached hydrogens (tertiary/aromatic N) is 4. The number of thiazole rings is 1. The number of rotatable bonds is 2. The van der Waals surface area contributed by atoms with Crippen molar-refractivity contribution in [2.45, 2.75) is 19.9 Å². The average Bonchev–Trinajstić information content (AvgIpc) is 3.30. The Balaban J connectivity index is 1.28. The second-order valence-electron chi connectivity index (χ2n) is 6.98. The van der Waals surface area contributed by atoms with Crippen LogP contribution in [-0.2, 0) is 17.7 Å². The number of hydrogen-bond acceptors (Lipinski definition) is 7. The van der Waals surface area contributed by atoms with Gasteiger partial charge in [0.2, 0.25) is 0 Å². The molecule has 1 aromatic carbocycles. The fourth-order valence-corrected chi connectivity index (χ4v) is 4.74. The molecule has 2 aliphatic rings. The number of oxazole rings is 1. The summed E-state index contributed by atoms with van der Waals surface area (Å²) >= 11 is 1.69. The molecule has 3 aromatic rings. The highest BCUT2D eigenvalue weighted by Crippen LogP contribution is 2.31. The number of ether oxygens (including phenoxy) is 1. The van der Waals surface area contributed by atoms with Gasteiger partial charge in [-0.05, 0) is 18.2 Å². The van der Waals surface area contributed by atoms with Crippen molar-refractivity contribution in [1.29, 1.82) is 0 Å². The minimum absolute atomic E-state index is 0.105. The van der Waals surface area contributed by atoms with Crippen LogP contribution in [0.3, 0.4) is 0 Å². The molecule has 1 fully saturated rings. The van der Waals surface area contributed by atoms with Gasteiger partial charge in [0, 0.05) is 43.5 Å². The van der Waals surface area contributed by atoms with Crippen LogP contribution in [0.1, 0.15) is 16.5 Å². The van der Waals surface area contributed by atoms with Gasteiger partial charge in [-0.3, -0.25) is 0 Å². The summed E-state index contributed by atoms with van der Waals surface area (Å²) < 4.78 is 10.9. The van der Waals surface area contributed by atoms with Gasteiger partial charge in [-0.2, -0.15) is 0 Å². The van der Waals surface area contributed by atoms with Gasteiger partial charge in [-0.15, -0.1) is 0 Å². The topological polar surface area (TPSA) is 83.7 Å². The molecule has 5 rings (SSSR count). The molecule has 1 N–H and O–H groups in total. The number of morpholine rings is 1. The zero-order chi connectivity index (χ0) is 19.1. The number of benzene rings is 1. The number of carbonyl (C=O) groups excluding carboxylic acids is 1. The van der Waals surface area contributed by atoms with Gasteiger partial charge >= 0.3 is 6.03 Å². The summed E-state index contributed by atoms with van der Waals surface area (Å²) in [6, 6.07) is 5.40. The zero-order valence-corrected chi connectivity index (χ0v) is 16.4. The molecule has 2 aromatic heterocycles. The van der Waals surface area contributed by atoms with E-state index in [1.165, 1.54) is 4.88 Å². The monoisotopic (exact) mass is 399 g/mol. The number of aromatic nitrogens is 2. The van der Waals surface area contributed by atoms with Crippen molar-refractivity contribution in [2.24, 2.45) is 0 Å². The van der Waals surface area contributed by atoms with Crippen molar-refractivity contribution in [3.8, 4) is 0 Å². The van der Waals surface area contributed by atoms with E-state index >= 15 is 0 Å². The molecule has 2 amide bonds. The summed E-state index contributed by atoms with van der Waals surface area (Å²) in [6.45, 7) is 6.30. The standard InChI is InChI=1S/C19H21N5O3S/c1-12-20-15-10-13(2-3-16(15)27-12)21-18(25)24-5-4-14-17(11-24)28-19(22-14)23-6-8-26-9-7-23/h2-3,10H,4-9,11H2,1H3,(H,21,25). The minimum Gasteiger partial charge on any atom is -0.441 e. The van der Waals surface area contributed by atoms with Crippen LogP contribution in [0.25, 0.3) is 11.1 Å². The second kappa shape index (κ2) is 7.06. The normalized spacial score (nSPS) is 17.0. The van der Waals surface area contributed by atoms with Crippen LogP contribution in [0, 0.1) is 6.92 Å². The van der Waals surface area contributed by atoms with Gasteiger partial charge in [-0.25, -0.2) is 14.8 Å². The Hall–Kier alpha value is -2.65. The second-order valence-corrected chi connectivity index (χ2v) is 8.04. The Morgan fingerprint density at radius 1 is 1.21 bits per heavy atom. The van der Waals surface area contributed by atoms with Gasteiger partial charge in [0.15, 0.2) is 16.6 Å².